The summed E-state index contributed by atoms with van der Waals surface area (Å²) in [5.74, 6) is 0.895. The number of ether oxygens (including phenoxy) is 1. The van der Waals surface area contributed by atoms with Crippen molar-refractivity contribution in [3.8, 4) is 5.75 Å². The lowest BCUT2D eigenvalue weighted by molar-refractivity contribution is -0.117. The summed E-state index contributed by atoms with van der Waals surface area (Å²) >= 11 is 0. The van der Waals surface area contributed by atoms with Gasteiger partial charge in [0.25, 0.3) is 5.91 Å². The van der Waals surface area contributed by atoms with Crippen LogP contribution in [0.3, 0.4) is 0 Å². The highest BCUT2D eigenvalue weighted by Gasteiger charge is 2.29. The third-order valence-corrected chi connectivity index (χ3v) is 4.55. The van der Waals surface area contributed by atoms with E-state index < -0.39 is 0 Å². The summed E-state index contributed by atoms with van der Waals surface area (Å²) in [5.41, 5.74) is 2.29. The number of hydrogen-bond donors (Lipinski definition) is 2. The summed E-state index contributed by atoms with van der Waals surface area (Å²) in [4.78, 5) is 26.1. The molecule has 1 aliphatic carbocycles. The quantitative estimate of drug-likeness (QED) is 0.701. The van der Waals surface area contributed by atoms with E-state index in [4.69, 9.17) is 4.74 Å². The number of benzene rings is 2. The Morgan fingerprint density at radius 3 is 2.32 bits per heavy atom. The van der Waals surface area contributed by atoms with Gasteiger partial charge in [0.05, 0.1) is 0 Å². The molecule has 1 saturated carbocycles. The van der Waals surface area contributed by atoms with Crippen molar-refractivity contribution in [1.82, 2.24) is 10.2 Å². The van der Waals surface area contributed by atoms with Crippen LogP contribution >= 0.6 is 0 Å². The molecule has 2 aromatic rings. The number of likely N-dealkylation sites (N-methyl/N-ethyl adjacent to an activating group) is 1. The molecule has 0 bridgehead atoms. The van der Waals surface area contributed by atoms with E-state index in [1.54, 1.807) is 24.3 Å². The van der Waals surface area contributed by atoms with Gasteiger partial charge in [-0.15, -0.1) is 0 Å². The van der Waals surface area contributed by atoms with Crippen LogP contribution < -0.4 is 15.4 Å². The molecular formula is C22H27N3O3. The molecule has 0 radical (unpaired) electrons. The molecule has 1 aliphatic rings. The van der Waals surface area contributed by atoms with Crippen LogP contribution in [0.15, 0.2) is 48.5 Å². The molecule has 3 rings (SSSR count). The fourth-order valence-corrected chi connectivity index (χ4v) is 2.63. The Balaban J connectivity index is 1.44. The average molecular weight is 381 g/mol. The van der Waals surface area contributed by atoms with Gasteiger partial charge in [0.15, 0.2) is 0 Å². The molecular weight excluding hydrogens is 354 g/mol. The van der Waals surface area contributed by atoms with E-state index in [0.29, 0.717) is 18.7 Å². The number of nitrogens with one attached hydrogen (secondary N) is 2. The molecule has 28 heavy (non-hydrogen) atoms. The van der Waals surface area contributed by atoms with Gasteiger partial charge in [-0.1, -0.05) is 12.1 Å². The Labute approximate surface area is 165 Å². The lowest BCUT2D eigenvalue weighted by atomic mass is 10.1. The van der Waals surface area contributed by atoms with Gasteiger partial charge in [0.2, 0.25) is 5.91 Å². The SMILES string of the molecule is CN(C)CCOc1ccc(CNC(=O)c2ccc(NC(=O)C3CC3)cc2)cc1. The van der Waals surface area contributed by atoms with Gasteiger partial charge in [-0.05, 0) is 68.9 Å². The second-order valence-corrected chi connectivity index (χ2v) is 7.32. The molecule has 0 unspecified atom stereocenters. The van der Waals surface area contributed by atoms with E-state index >= 15 is 0 Å². The summed E-state index contributed by atoms with van der Waals surface area (Å²) in [7, 11) is 4.01. The highest BCUT2D eigenvalue weighted by Crippen LogP contribution is 2.30. The molecule has 6 nitrogen and oxygen atoms in total. The molecule has 0 saturated heterocycles. The predicted molar refractivity (Wildman–Crippen MR) is 109 cm³/mol. The van der Waals surface area contributed by atoms with Crippen LogP contribution in [0.4, 0.5) is 5.69 Å². The van der Waals surface area contributed by atoms with Crippen molar-refractivity contribution >= 4 is 17.5 Å². The second kappa shape index (κ2) is 9.37. The zero-order valence-corrected chi connectivity index (χ0v) is 16.4. The van der Waals surface area contributed by atoms with E-state index in [1.807, 2.05) is 38.4 Å². The molecule has 0 atom stereocenters. The standard InChI is InChI=1S/C22H27N3O3/c1-25(2)13-14-28-20-11-3-16(4-12-20)15-23-21(26)17-7-9-19(10-8-17)24-22(27)18-5-6-18/h3-4,7-12,18H,5-6,13-15H2,1-2H3,(H,23,26)(H,24,27). The molecule has 2 amide bonds. The number of carbonyl (C=O) groups excluding carboxylic acids is 2. The lowest BCUT2D eigenvalue weighted by Crippen LogP contribution is -2.22. The molecule has 0 aromatic heterocycles. The first-order chi connectivity index (χ1) is 13.5. The van der Waals surface area contributed by atoms with Crippen LogP contribution in [0.25, 0.3) is 0 Å². The normalized spacial score (nSPS) is 13.2. The third kappa shape index (κ3) is 6.09. The summed E-state index contributed by atoms with van der Waals surface area (Å²) in [6, 6.07) is 14.7. The maximum atomic E-state index is 12.3. The molecule has 6 heteroatoms. The molecule has 0 aliphatic heterocycles. The van der Waals surface area contributed by atoms with Crippen molar-refractivity contribution in [2.24, 2.45) is 5.92 Å². The van der Waals surface area contributed by atoms with Gasteiger partial charge in [0, 0.05) is 30.3 Å². The van der Waals surface area contributed by atoms with Gasteiger partial charge in [-0.2, -0.15) is 0 Å². The Bertz CT molecular complexity index is 797. The molecule has 0 heterocycles. The second-order valence-electron chi connectivity index (χ2n) is 7.32. The highest BCUT2D eigenvalue weighted by molar-refractivity contribution is 5.96. The average Bonchev–Trinajstić information content (AvgIpc) is 3.53. The minimum absolute atomic E-state index is 0.0614. The van der Waals surface area contributed by atoms with Crippen molar-refractivity contribution in [3.63, 3.8) is 0 Å². The fraction of sp³-hybridized carbons (Fsp3) is 0.364. The van der Waals surface area contributed by atoms with Crippen molar-refractivity contribution in [3.05, 3.63) is 59.7 Å². The van der Waals surface area contributed by atoms with E-state index in [9.17, 15) is 9.59 Å². The summed E-state index contributed by atoms with van der Waals surface area (Å²) in [5, 5.41) is 5.78. The summed E-state index contributed by atoms with van der Waals surface area (Å²) in [6.45, 7) is 1.94. The first-order valence-corrected chi connectivity index (χ1v) is 9.57. The number of nitrogens with zero attached hydrogens (tertiary/aromatic N) is 1. The van der Waals surface area contributed by atoms with Gasteiger partial charge in [-0.25, -0.2) is 0 Å². The molecule has 2 aromatic carbocycles. The topological polar surface area (TPSA) is 70.7 Å². The Morgan fingerprint density at radius 2 is 1.71 bits per heavy atom. The van der Waals surface area contributed by atoms with E-state index in [2.05, 4.69) is 15.5 Å². The predicted octanol–water partition coefficient (Wildman–Crippen LogP) is 2.91. The van der Waals surface area contributed by atoms with Crippen LogP contribution in [0.2, 0.25) is 0 Å². The Kier molecular flexibility index (Phi) is 6.66. The molecule has 148 valence electrons. The van der Waals surface area contributed by atoms with Crippen molar-refractivity contribution in [1.29, 1.82) is 0 Å². The van der Waals surface area contributed by atoms with E-state index in [1.165, 1.54) is 0 Å². The zero-order valence-electron chi connectivity index (χ0n) is 16.4. The molecule has 2 N–H and O–H groups in total. The maximum absolute atomic E-state index is 12.3. The number of amides is 2. The number of carbonyl (C=O) groups is 2. The maximum Gasteiger partial charge on any atom is 0.251 e. The highest BCUT2D eigenvalue weighted by atomic mass is 16.5. The van der Waals surface area contributed by atoms with Gasteiger partial charge in [0.1, 0.15) is 12.4 Å². The van der Waals surface area contributed by atoms with Crippen LogP contribution in [0.1, 0.15) is 28.8 Å². The van der Waals surface area contributed by atoms with Gasteiger partial charge in [-0.3, -0.25) is 9.59 Å². The minimum Gasteiger partial charge on any atom is -0.492 e. The lowest BCUT2D eigenvalue weighted by Gasteiger charge is -2.11. The van der Waals surface area contributed by atoms with Crippen molar-refractivity contribution in [2.45, 2.75) is 19.4 Å². The number of anilines is 1. The Hall–Kier alpha value is -2.86. The van der Waals surface area contributed by atoms with Crippen LogP contribution in [-0.4, -0.2) is 44.0 Å². The minimum atomic E-state index is -0.147. The van der Waals surface area contributed by atoms with Crippen molar-refractivity contribution in [2.75, 3.05) is 32.6 Å². The van der Waals surface area contributed by atoms with Crippen LogP contribution in [0.5, 0.6) is 5.75 Å². The van der Waals surface area contributed by atoms with Gasteiger partial charge >= 0.3 is 0 Å². The van der Waals surface area contributed by atoms with E-state index in [-0.39, 0.29) is 17.7 Å². The third-order valence-electron chi connectivity index (χ3n) is 4.55. The smallest absolute Gasteiger partial charge is 0.251 e. The monoisotopic (exact) mass is 381 g/mol. The first kappa shape index (κ1) is 19.9. The number of rotatable bonds is 9. The molecule has 1 fully saturated rings. The summed E-state index contributed by atoms with van der Waals surface area (Å²) in [6.07, 6.45) is 1.94. The number of hydrogen-bond acceptors (Lipinski definition) is 4. The molecule has 0 spiro atoms. The Morgan fingerprint density at radius 1 is 1.04 bits per heavy atom. The first-order valence-electron chi connectivity index (χ1n) is 9.57. The zero-order chi connectivity index (χ0) is 19.9. The fourth-order valence-electron chi connectivity index (χ4n) is 2.63. The van der Waals surface area contributed by atoms with Crippen LogP contribution in [-0.2, 0) is 11.3 Å². The summed E-state index contributed by atoms with van der Waals surface area (Å²) < 4.78 is 5.67. The van der Waals surface area contributed by atoms with Crippen LogP contribution in [0, 0.1) is 5.92 Å². The van der Waals surface area contributed by atoms with Crippen molar-refractivity contribution < 1.29 is 14.3 Å². The van der Waals surface area contributed by atoms with Gasteiger partial charge < -0.3 is 20.3 Å². The van der Waals surface area contributed by atoms with E-state index in [0.717, 1.165) is 36.4 Å². The largest absolute Gasteiger partial charge is 0.492 e.